The van der Waals surface area contributed by atoms with Gasteiger partial charge in [-0.05, 0) is 6.42 Å². The molecule has 0 aromatic rings. The lowest BCUT2D eigenvalue weighted by atomic mass is 9.88. The molecule has 1 amide bonds. The maximum Gasteiger partial charge on any atom is 0.228 e. The van der Waals surface area contributed by atoms with E-state index in [9.17, 15) is 4.79 Å². The van der Waals surface area contributed by atoms with E-state index in [0.717, 1.165) is 6.42 Å². The van der Waals surface area contributed by atoms with Crippen LogP contribution in [-0.2, 0) is 9.53 Å². The molecule has 1 saturated heterocycles. The van der Waals surface area contributed by atoms with Crippen LogP contribution in [-0.4, -0.2) is 48.3 Å². The van der Waals surface area contributed by atoms with E-state index in [1.165, 1.54) is 0 Å². The molecule has 0 spiro atoms. The lowest BCUT2D eigenvalue weighted by molar-refractivity contribution is -0.149. The van der Waals surface area contributed by atoms with Gasteiger partial charge in [0.15, 0.2) is 0 Å². The van der Waals surface area contributed by atoms with Crippen LogP contribution in [0.2, 0.25) is 0 Å². The first kappa shape index (κ1) is 12.5. The van der Waals surface area contributed by atoms with Crippen LogP contribution in [0, 0.1) is 5.41 Å². The van der Waals surface area contributed by atoms with Crippen LogP contribution in [0.1, 0.15) is 27.2 Å². The molecule has 1 atom stereocenters. The molecule has 0 aromatic carbocycles. The number of morpholine rings is 1. The summed E-state index contributed by atoms with van der Waals surface area (Å²) in [5.41, 5.74) is -0.308. The summed E-state index contributed by atoms with van der Waals surface area (Å²) in [6.07, 6.45) is 0.614. The third-order valence-corrected chi connectivity index (χ3v) is 3.09. The molecule has 1 unspecified atom stereocenters. The summed E-state index contributed by atoms with van der Waals surface area (Å²) in [6.45, 7) is 7.59. The van der Waals surface area contributed by atoms with Crippen molar-refractivity contribution in [2.45, 2.75) is 33.3 Å². The summed E-state index contributed by atoms with van der Waals surface area (Å²) in [4.78, 5) is 13.9. The molecular weight excluding hydrogens is 194 g/mol. The van der Waals surface area contributed by atoms with Crippen molar-refractivity contribution in [2.24, 2.45) is 5.41 Å². The van der Waals surface area contributed by atoms with E-state index in [-0.39, 0.29) is 24.0 Å². The number of nitrogens with zero attached hydrogens (tertiary/aromatic N) is 1. The first-order valence-electron chi connectivity index (χ1n) is 5.53. The minimum Gasteiger partial charge on any atom is -0.394 e. The SMILES string of the molecule is CCC(C)(C)C(=O)N1CCOC(CO)C1. The van der Waals surface area contributed by atoms with Crippen molar-refractivity contribution in [1.82, 2.24) is 4.90 Å². The van der Waals surface area contributed by atoms with Gasteiger partial charge in [-0.25, -0.2) is 0 Å². The van der Waals surface area contributed by atoms with Crippen LogP contribution in [0.25, 0.3) is 0 Å². The van der Waals surface area contributed by atoms with Crippen molar-refractivity contribution in [3.05, 3.63) is 0 Å². The van der Waals surface area contributed by atoms with Gasteiger partial charge >= 0.3 is 0 Å². The molecule has 0 aliphatic carbocycles. The molecule has 88 valence electrons. The standard InChI is InChI=1S/C11H21NO3/c1-4-11(2,3)10(14)12-5-6-15-9(7-12)8-13/h9,13H,4-8H2,1-3H3. The Morgan fingerprint density at radius 1 is 1.60 bits per heavy atom. The fourth-order valence-corrected chi connectivity index (χ4v) is 1.59. The van der Waals surface area contributed by atoms with E-state index >= 15 is 0 Å². The largest absolute Gasteiger partial charge is 0.394 e. The highest BCUT2D eigenvalue weighted by molar-refractivity contribution is 5.82. The summed E-state index contributed by atoms with van der Waals surface area (Å²) in [5.74, 6) is 0.159. The molecule has 0 saturated carbocycles. The third-order valence-electron chi connectivity index (χ3n) is 3.09. The highest BCUT2D eigenvalue weighted by atomic mass is 16.5. The number of hydrogen-bond acceptors (Lipinski definition) is 3. The number of aliphatic hydroxyl groups is 1. The Balaban J connectivity index is 2.60. The molecule has 1 rings (SSSR count). The lowest BCUT2D eigenvalue weighted by Crippen LogP contribution is -2.50. The zero-order valence-electron chi connectivity index (χ0n) is 9.82. The molecule has 1 aliphatic rings. The number of hydrogen-bond donors (Lipinski definition) is 1. The zero-order valence-corrected chi connectivity index (χ0v) is 9.82. The molecule has 4 heteroatoms. The molecule has 1 fully saturated rings. The average molecular weight is 215 g/mol. The summed E-state index contributed by atoms with van der Waals surface area (Å²) < 4.78 is 5.31. The van der Waals surface area contributed by atoms with Crippen molar-refractivity contribution in [2.75, 3.05) is 26.3 Å². The molecule has 0 bridgehead atoms. The van der Waals surface area contributed by atoms with E-state index in [1.807, 2.05) is 20.8 Å². The van der Waals surface area contributed by atoms with Gasteiger partial charge in [0.25, 0.3) is 0 Å². The van der Waals surface area contributed by atoms with Crippen LogP contribution in [0.15, 0.2) is 0 Å². The topological polar surface area (TPSA) is 49.8 Å². The van der Waals surface area contributed by atoms with Gasteiger partial charge in [0.05, 0.1) is 19.3 Å². The van der Waals surface area contributed by atoms with Crippen LogP contribution < -0.4 is 0 Å². The van der Waals surface area contributed by atoms with Gasteiger partial charge in [0.1, 0.15) is 0 Å². The van der Waals surface area contributed by atoms with Crippen LogP contribution in [0.3, 0.4) is 0 Å². The summed E-state index contributed by atoms with van der Waals surface area (Å²) in [7, 11) is 0. The van der Waals surface area contributed by atoms with Crippen LogP contribution in [0.4, 0.5) is 0 Å². The summed E-state index contributed by atoms with van der Waals surface area (Å²) in [6, 6.07) is 0. The number of aliphatic hydroxyl groups excluding tert-OH is 1. The third kappa shape index (κ3) is 2.92. The number of carbonyl (C=O) groups is 1. The van der Waals surface area contributed by atoms with Gasteiger partial charge in [-0.2, -0.15) is 0 Å². The van der Waals surface area contributed by atoms with Crippen LogP contribution in [0.5, 0.6) is 0 Å². The molecule has 1 aliphatic heterocycles. The Morgan fingerprint density at radius 2 is 2.27 bits per heavy atom. The van der Waals surface area contributed by atoms with Gasteiger partial charge in [0, 0.05) is 18.5 Å². The summed E-state index contributed by atoms with van der Waals surface area (Å²) in [5, 5.41) is 8.99. The van der Waals surface area contributed by atoms with Gasteiger partial charge in [-0.3, -0.25) is 4.79 Å². The number of ether oxygens (including phenoxy) is 1. The highest BCUT2D eigenvalue weighted by Crippen LogP contribution is 2.24. The lowest BCUT2D eigenvalue weighted by Gasteiger charge is -2.36. The van der Waals surface area contributed by atoms with E-state index in [0.29, 0.717) is 19.7 Å². The van der Waals surface area contributed by atoms with Gasteiger partial charge < -0.3 is 14.7 Å². The minimum absolute atomic E-state index is 0.0175. The monoisotopic (exact) mass is 215 g/mol. The number of rotatable bonds is 3. The summed E-state index contributed by atoms with van der Waals surface area (Å²) >= 11 is 0. The smallest absolute Gasteiger partial charge is 0.228 e. The van der Waals surface area contributed by atoms with E-state index in [4.69, 9.17) is 9.84 Å². The van der Waals surface area contributed by atoms with Gasteiger partial charge in [0.2, 0.25) is 5.91 Å². The molecule has 0 aromatic heterocycles. The fraction of sp³-hybridized carbons (Fsp3) is 0.909. The van der Waals surface area contributed by atoms with Crippen molar-refractivity contribution >= 4 is 5.91 Å². The molecule has 4 nitrogen and oxygen atoms in total. The Morgan fingerprint density at radius 3 is 2.80 bits per heavy atom. The van der Waals surface area contributed by atoms with Crippen molar-refractivity contribution in [3.63, 3.8) is 0 Å². The minimum atomic E-state index is -0.308. The number of carbonyl (C=O) groups excluding carboxylic acids is 1. The number of amides is 1. The normalized spacial score (nSPS) is 22.9. The Hall–Kier alpha value is -0.610. The Kier molecular flexibility index (Phi) is 4.11. The second-order valence-electron chi connectivity index (χ2n) is 4.66. The zero-order chi connectivity index (χ0) is 11.5. The molecule has 15 heavy (non-hydrogen) atoms. The van der Waals surface area contributed by atoms with Crippen molar-refractivity contribution in [3.8, 4) is 0 Å². The second-order valence-corrected chi connectivity index (χ2v) is 4.66. The predicted octanol–water partition coefficient (Wildman–Crippen LogP) is 0.642. The first-order chi connectivity index (χ1) is 7.01. The Bertz CT molecular complexity index is 228. The maximum atomic E-state index is 12.1. The van der Waals surface area contributed by atoms with Gasteiger partial charge in [-0.15, -0.1) is 0 Å². The van der Waals surface area contributed by atoms with E-state index in [2.05, 4.69) is 0 Å². The fourth-order valence-electron chi connectivity index (χ4n) is 1.59. The second kappa shape index (κ2) is 4.94. The average Bonchev–Trinajstić information content (AvgIpc) is 2.28. The van der Waals surface area contributed by atoms with Crippen LogP contribution >= 0.6 is 0 Å². The molecule has 1 heterocycles. The van der Waals surface area contributed by atoms with Crippen molar-refractivity contribution < 1.29 is 14.6 Å². The molecule has 1 N–H and O–H groups in total. The Labute approximate surface area is 91.2 Å². The van der Waals surface area contributed by atoms with E-state index in [1.54, 1.807) is 4.90 Å². The first-order valence-corrected chi connectivity index (χ1v) is 5.53. The van der Waals surface area contributed by atoms with Gasteiger partial charge in [-0.1, -0.05) is 20.8 Å². The van der Waals surface area contributed by atoms with Crippen molar-refractivity contribution in [1.29, 1.82) is 0 Å². The maximum absolute atomic E-state index is 12.1. The van der Waals surface area contributed by atoms with E-state index < -0.39 is 0 Å². The molecular formula is C11H21NO3. The predicted molar refractivity (Wildman–Crippen MR) is 57.5 cm³/mol. The quantitative estimate of drug-likeness (QED) is 0.751. The highest BCUT2D eigenvalue weighted by Gasteiger charge is 2.33. The molecule has 0 radical (unpaired) electrons.